The number of azide groups is 1. The second kappa shape index (κ2) is 7.10. The van der Waals surface area contributed by atoms with Gasteiger partial charge in [-0.3, -0.25) is 0 Å². The largest absolute Gasteiger partial charge is 0.478 e. The molecule has 0 aliphatic heterocycles. The van der Waals surface area contributed by atoms with Gasteiger partial charge in [0.2, 0.25) is 0 Å². The minimum atomic E-state index is -1.25. The van der Waals surface area contributed by atoms with Crippen molar-refractivity contribution in [3.63, 3.8) is 0 Å². The molecule has 0 amide bonds. The Balaban J connectivity index is 2.89. The Labute approximate surface area is 117 Å². The second-order valence-electron chi connectivity index (χ2n) is 3.83. The molecule has 0 aliphatic rings. The molecule has 0 saturated heterocycles. The quantitative estimate of drug-likeness (QED) is 0.420. The average Bonchev–Trinajstić information content (AvgIpc) is 2.37. The number of nitrogens with zero attached hydrogens (tertiary/aromatic N) is 3. The molecule has 0 bridgehead atoms. The molecule has 0 fully saturated rings. The third kappa shape index (κ3) is 4.53. The minimum Gasteiger partial charge on any atom is -0.478 e. The molecule has 0 aliphatic carbocycles. The number of halogens is 1. The third-order valence-corrected chi connectivity index (χ3v) is 2.92. The van der Waals surface area contributed by atoms with Crippen LogP contribution < -0.4 is 0 Å². The maximum absolute atomic E-state index is 10.9. The number of rotatable bonds is 6. The van der Waals surface area contributed by atoms with Gasteiger partial charge in [0.15, 0.2) is 0 Å². The number of carboxylic acid groups (broad SMARTS) is 1. The van der Waals surface area contributed by atoms with Crippen molar-refractivity contribution in [2.75, 3.05) is 6.54 Å². The highest BCUT2D eigenvalue weighted by Gasteiger charge is 2.19. The molecule has 2 atom stereocenters. The molecule has 1 rings (SSSR count). The van der Waals surface area contributed by atoms with E-state index in [1.807, 2.05) is 0 Å². The molecule has 8 heteroatoms. The average molecular weight is 330 g/mol. The smallest absolute Gasteiger partial charge is 0.335 e. The topological polar surface area (TPSA) is 127 Å². The lowest BCUT2D eigenvalue weighted by atomic mass is 10.0. The number of aliphatic hydroxyl groups is 2. The summed E-state index contributed by atoms with van der Waals surface area (Å²) < 4.78 is 0.490. The summed E-state index contributed by atoms with van der Waals surface area (Å²) in [6.45, 7) is 0.0501. The van der Waals surface area contributed by atoms with Crippen LogP contribution in [0.15, 0.2) is 27.8 Å². The molecule has 1 aromatic rings. The number of aromatic carboxylic acids is 1. The van der Waals surface area contributed by atoms with Gasteiger partial charge in [0.25, 0.3) is 0 Å². The summed E-state index contributed by atoms with van der Waals surface area (Å²) in [5, 5.41) is 31.8. The molecule has 7 nitrogen and oxygen atoms in total. The van der Waals surface area contributed by atoms with E-state index in [1.54, 1.807) is 0 Å². The highest BCUT2D eigenvalue weighted by Crippen LogP contribution is 2.24. The zero-order valence-corrected chi connectivity index (χ0v) is 11.4. The first-order chi connectivity index (χ1) is 8.95. The van der Waals surface area contributed by atoms with Crippen LogP contribution in [0.4, 0.5) is 0 Å². The molecule has 0 aromatic heterocycles. The van der Waals surface area contributed by atoms with Crippen LogP contribution in [0.1, 0.15) is 28.4 Å². The van der Waals surface area contributed by atoms with Crippen LogP contribution >= 0.6 is 15.9 Å². The predicted octanol–water partition coefficient (Wildman–Crippen LogP) is 2.24. The van der Waals surface area contributed by atoms with Gasteiger partial charge in [-0.15, -0.1) is 0 Å². The molecular weight excluding hydrogens is 318 g/mol. The first-order valence-electron chi connectivity index (χ1n) is 5.36. The van der Waals surface area contributed by atoms with E-state index in [9.17, 15) is 15.0 Å². The van der Waals surface area contributed by atoms with E-state index in [-0.39, 0.29) is 24.1 Å². The lowest BCUT2D eigenvalue weighted by molar-refractivity contribution is 0.0149. The van der Waals surface area contributed by atoms with Crippen LogP contribution in [0, 0.1) is 0 Å². The van der Waals surface area contributed by atoms with Crippen LogP contribution in [0.3, 0.4) is 0 Å². The molecule has 0 saturated carbocycles. The van der Waals surface area contributed by atoms with Crippen molar-refractivity contribution < 1.29 is 20.1 Å². The van der Waals surface area contributed by atoms with Crippen LogP contribution in [0.25, 0.3) is 10.4 Å². The highest BCUT2D eigenvalue weighted by atomic mass is 79.9. The van der Waals surface area contributed by atoms with E-state index in [4.69, 9.17) is 10.6 Å². The monoisotopic (exact) mass is 329 g/mol. The molecule has 0 radical (unpaired) electrons. The first-order valence-corrected chi connectivity index (χ1v) is 6.15. The number of aliphatic hydroxyl groups excluding tert-OH is 2. The Bertz CT molecular complexity index is 517. The number of carboxylic acids is 1. The lowest BCUT2D eigenvalue weighted by Crippen LogP contribution is -2.19. The van der Waals surface area contributed by atoms with E-state index < -0.39 is 18.2 Å². The first kappa shape index (κ1) is 15.5. The third-order valence-electron chi connectivity index (χ3n) is 2.46. The normalized spacial score (nSPS) is 13.4. The molecule has 2 unspecified atom stereocenters. The SMILES string of the molecule is [N-]=[N+]=NCCC(O)C(O)c1cc(Br)cc(C(=O)O)c1. The summed E-state index contributed by atoms with van der Waals surface area (Å²) in [5.41, 5.74) is 8.39. The summed E-state index contributed by atoms with van der Waals surface area (Å²) in [6.07, 6.45) is -2.30. The van der Waals surface area contributed by atoms with Gasteiger partial charge in [0, 0.05) is 15.9 Å². The molecule has 0 spiro atoms. The lowest BCUT2D eigenvalue weighted by Gasteiger charge is -2.18. The summed E-state index contributed by atoms with van der Waals surface area (Å²) in [6, 6.07) is 4.20. The van der Waals surface area contributed by atoms with E-state index in [0.29, 0.717) is 4.47 Å². The van der Waals surface area contributed by atoms with Crippen molar-refractivity contribution in [2.45, 2.75) is 18.6 Å². The van der Waals surface area contributed by atoms with E-state index >= 15 is 0 Å². The molecule has 102 valence electrons. The van der Waals surface area contributed by atoms with Crippen molar-refractivity contribution in [3.05, 3.63) is 44.2 Å². The fraction of sp³-hybridized carbons (Fsp3) is 0.364. The van der Waals surface area contributed by atoms with Gasteiger partial charge in [0.05, 0.1) is 11.7 Å². The fourth-order valence-electron chi connectivity index (χ4n) is 1.52. The van der Waals surface area contributed by atoms with Gasteiger partial charge in [-0.25, -0.2) is 4.79 Å². The van der Waals surface area contributed by atoms with Crippen LogP contribution in [-0.2, 0) is 0 Å². The van der Waals surface area contributed by atoms with Crippen molar-refractivity contribution in [2.24, 2.45) is 5.11 Å². The molecular formula is C11H12BrN3O4. The maximum Gasteiger partial charge on any atom is 0.335 e. The summed E-state index contributed by atoms with van der Waals surface area (Å²) in [7, 11) is 0. The number of hydrogen-bond donors (Lipinski definition) is 3. The summed E-state index contributed by atoms with van der Waals surface area (Å²) in [5.74, 6) is -1.13. The molecule has 1 aromatic carbocycles. The van der Waals surface area contributed by atoms with Gasteiger partial charge >= 0.3 is 5.97 Å². The van der Waals surface area contributed by atoms with Crippen LogP contribution in [-0.4, -0.2) is 33.9 Å². The number of hydrogen-bond acceptors (Lipinski definition) is 4. The van der Waals surface area contributed by atoms with Gasteiger partial charge in [0.1, 0.15) is 6.10 Å². The van der Waals surface area contributed by atoms with Crippen molar-refractivity contribution in [1.82, 2.24) is 0 Å². The molecule has 19 heavy (non-hydrogen) atoms. The van der Waals surface area contributed by atoms with Crippen molar-refractivity contribution in [3.8, 4) is 0 Å². The zero-order valence-electron chi connectivity index (χ0n) is 9.77. The van der Waals surface area contributed by atoms with E-state index in [0.717, 1.165) is 0 Å². The fourth-order valence-corrected chi connectivity index (χ4v) is 2.03. The van der Waals surface area contributed by atoms with Gasteiger partial charge < -0.3 is 15.3 Å². The standard InChI is InChI=1S/C11H12BrN3O4/c12-8-4-6(3-7(5-8)11(18)19)10(17)9(16)1-2-14-15-13/h3-5,9-10,16-17H,1-2H2,(H,18,19). The Hall–Kier alpha value is -1.60. The van der Waals surface area contributed by atoms with Crippen molar-refractivity contribution >= 4 is 21.9 Å². The van der Waals surface area contributed by atoms with E-state index in [1.165, 1.54) is 18.2 Å². The number of carbonyl (C=O) groups is 1. The maximum atomic E-state index is 10.9. The summed E-state index contributed by atoms with van der Waals surface area (Å²) in [4.78, 5) is 13.4. The van der Waals surface area contributed by atoms with Crippen molar-refractivity contribution in [1.29, 1.82) is 0 Å². The highest BCUT2D eigenvalue weighted by molar-refractivity contribution is 9.10. The second-order valence-corrected chi connectivity index (χ2v) is 4.75. The van der Waals surface area contributed by atoms with Gasteiger partial charge in [-0.1, -0.05) is 21.0 Å². The van der Waals surface area contributed by atoms with Crippen LogP contribution in [0.2, 0.25) is 0 Å². The zero-order chi connectivity index (χ0) is 14.4. The molecule has 3 N–H and O–H groups in total. The van der Waals surface area contributed by atoms with E-state index in [2.05, 4.69) is 26.0 Å². The minimum absolute atomic E-state index is 0.00525. The Morgan fingerprint density at radius 1 is 1.42 bits per heavy atom. The molecule has 0 heterocycles. The number of benzene rings is 1. The Morgan fingerprint density at radius 3 is 2.68 bits per heavy atom. The van der Waals surface area contributed by atoms with Crippen LogP contribution in [0.5, 0.6) is 0 Å². The van der Waals surface area contributed by atoms with Gasteiger partial charge in [-0.05, 0) is 35.7 Å². The Kier molecular flexibility index (Phi) is 5.78. The Morgan fingerprint density at radius 2 is 2.11 bits per heavy atom. The summed E-state index contributed by atoms with van der Waals surface area (Å²) >= 11 is 3.14. The van der Waals surface area contributed by atoms with Gasteiger partial charge in [-0.2, -0.15) is 0 Å². The predicted molar refractivity (Wildman–Crippen MR) is 70.7 cm³/mol.